The minimum atomic E-state index is 0.705. The van der Waals surface area contributed by atoms with Gasteiger partial charge in [-0.2, -0.15) is 0 Å². The van der Waals surface area contributed by atoms with Crippen molar-refractivity contribution in [1.29, 1.82) is 0 Å². The molecule has 0 saturated carbocycles. The van der Waals surface area contributed by atoms with Gasteiger partial charge in [0.1, 0.15) is 5.75 Å². The van der Waals surface area contributed by atoms with Gasteiger partial charge in [-0.15, -0.1) is 0 Å². The van der Waals surface area contributed by atoms with Crippen LogP contribution in [0.5, 0.6) is 5.75 Å². The molecule has 3 nitrogen and oxygen atoms in total. The molecule has 20 heavy (non-hydrogen) atoms. The zero-order valence-corrected chi connectivity index (χ0v) is 12.6. The number of nitrogens with one attached hydrogen (secondary N) is 1. The van der Waals surface area contributed by atoms with Crippen molar-refractivity contribution in [2.45, 2.75) is 19.9 Å². The zero-order chi connectivity index (χ0) is 14.4. The maximum Gasteiger partial charge on any atom is 0.138 e. The lowest BCUT2D eigenvalue weighted by atomic mass is 10.0. The van der Waals surface area contributed by atoms with Gasteiger partial charge >= 0.3 is 0 Å². The maximum atomic E-state index is 6.18. The SMILES string of the molecule is CCCOc1cncc(-c2ccc(Cl)c(CNC)c2)c1. The number of hydrogen-bond acceptors (Lipinski definition) is 3. The van der Waals surface area contributed by atoms with Crippen LogP contribution in [0.3, 0.4) is 0 Å². The maximum absolute atomic E-state index is 6.18. The van der Waals surface area contributed by atoms with Crippen molar-refractivity contribution in [3.8, 4) is 16.9 Å². The molecule has 0 amide bonds. The summed E-state index contributed by atoms with van der Waals surface area (Å²) in [7, 11) is 1.91. The minimum absolute atomic E-state index is 0.705. The number of halogens is 1. The van der Waals surface area contributed by atoms with Crippen molar-refractivity contribution in [1.82, 2.24) is 10.3 Å². The lowest BCUT2D eigenvalue weighted by Crippen LogP contribution is -2.05. The predicted octanol–water partition coefficient (Wildman–Crippen LogP) is 3.91. The second-order valence-electron chi connectivity index (χ2n) is 4.59. The molecule has 0 aliphatic rings. The van der Waals surface area contributed by atoms with Crippen LogP contribution >= 0.6 is 11.6 Å². The highest BCUT2D eigenvalue weighted by Crippen LogP contribution is 2.27. The Bertz CT molecular complexity index is 572. The van der Waals surface area contributed by atoms with Crippen LogP contribution in [0.2, 0.25) is 5.02 Å². The first-order valence-corrected chi connectivity index (χ1v) is 7.13. The molecule has 0 aliphatic carbocycles. The van der Waals surface area contributed by atoms with Crippen LogP contribution in [0.4, 0.5) is 0 Å². The highest BCUT2D eigenvalue weighted by Gasteiger charge is 2.05. The Balaban J connectivity index is 2.28. The number of pyridine rings is 1. The Morgan fingerprint density at radius 1 is 1.20 bits per heavy atom. The molecule has 1 aromatic heterocycles. The molecule has 2 rings (SSSR count). The number of rotatable bonds is 6. The van der Waals surface area contributed by atoms with Crippen molar-refractivity contribution in [3.05, 3.63) is 47.2 Å². The van der Waals surface area contributed by atoms with E-state index in [1.165, 1.54) is 0 Å². The summed E-state index contributed by atoms with van der Waals surface area (Å²) in [5.41, 5.74) is 3.20. The van der Waals surface area contributed by atoms with E-state index in [-0.39, 0.29) is 0 Å². The molecule has 1 aromatic carbocycles. The summed E-state index contributed by atoms with van der Waals surface area (Å²) in [6, 6.07) is 8.01. The molecular weight excluding hydrogens is 272 g/mol. The van der Waals surface area contributed by atoms with Gasteiger partial charge in [-0.05, 0) is 42.8 Å². The van der Waals surface area contributed by atoms with Crippen molar-refractivity contribution < 1.29 is 4.74 Å². The number of nitrogens with zero attached hydrogens (tertiary/aromatic N) is 1. The first-order valence-electron chi connectivity index (χ1n) is 6.76. The first-order chi connectivity index (χ1) is 9.74. The Labute approximate surface area is 124 Å². The summed E-state index contributed by atoms with van der Waals surface area (Å²) in [4.78, 5) is 4.24. The van der Waals surface area contributed by atoms with Crippen LogP contribution in [0.25, 0.3) is 11.1 Å². The van der Waals surface area contributed by atoms with Crippen LogP contribution in [-0.4, -0.2) is 18.6 Å². The molecule has 0 aliphatic heterocycles. The van der Waals surface area contributed by atoms with Gasteiger partial charge in [0.25, 0.3) is 0 Å². The fourth-order valence-corrected chi connectivity index (χ4v) is 2.14. The van der Waals surface area contributed by atoms with E-state index in [1.54, 1.807) is 6.20 Å². The molecule has 0 spiro atoms. The third kappa shape index (κ3) is 3.71. The van der Waals surface area contributed by atoms with Crippen LogP contribution in [-0.2, 0) is 6.54 Å². The number of aromatic nitrogens is 1. The van der Waals surface area contributed by atoms with Gasteiger partial charge in [0.2, 0.25) is 0 Å². The summed E-state index contributed by atoms with van der Waals surface area (Å²) in [5.74, 6) is 0.800. The molecule has 106 valence electrons. The van der Waals surface area contributed by atoms with E-state index in [0.717, 1.165) is 40.4 Å². The van der Waals surface area contributed by atoms with E-state index >= 15 is 0 Å². The summed E-state index contributed by atoms with van der Waals surface area (Å²) < 4.78 is 5.62. The van der Waals surface area contributed by atoms with E-state index in [2.05, 4.69) is 23.3 Å². The normalized spacial score (nSPS) is 10.6. The number of benzene rings is 1. The van der Waals surface area contributed by atoms with Crippen molar-refractivity contribution in [2.75, 3.05) is 13.7 Å². The third-order valence-corrected chi connectivity index (χ3v) is 3.30. The van der Waals surface area contributed by atoms with Gasteiger partial charge in [-0.25, -0.2) is 0 Å². The molecule has 0 bridgehead atoms. The Hall–Kier alpha value is -1.58. The standard InChI is InChI=1S/C16H19ClN2O/c1-3-6-20-15-8-13(10-19-11-15)12-4-5-16(17)14(7-12)9-18-2/h4-5,7-8,10-11,18H,3,6,9H2,1-2H3. The third-order valence-electron chi connectivity index (χ3n) is 2.93. The Morgan fingerprint density at radius 3 is 2.80 bits per heavy atom. The molecule has 0 radical (unpaired) electrons. The van der Waals surface area contributed by atoms with Gasteiger partial charge in [0.15, 0.2) is 0 Å². The quantitative estimate of drug-likeness (QED) is 0.876. The second kappa shape index (κ2) is 7.27. The second-order valence-corrected chi connectivity index (χ2v) is 5.00. The van der Waals surface area contributed by atoms with Crippen LogP contribution in [0.15, 0.2) is 36.7 Å². The highest BCUT2D eigenvalue weighted by atomic mass is 35.5. The van der Waals surface area contributed by atoms with E-state index in [9.17, 15) is 0 Å². The van der Waals surface area contributed by atoms with Crippen molar-refractivity contribution >= 4 is 11.6 Å². The predicted molar refractivity (Wildman–Crippen MR) is 83.2 cm³/mol. The van der Waals surface area contributed by atoms with Crippen LogP contribution < -0.4 is 10.1 Å². The summed E-state index contributed by atoms with van der Waals surface area (Å²) in [6.07, 6.45) is 4.56. The minimum Gasteiger partial charge on any atom is -0.492 e. The van der Waals surface area contributed by atoms with Gasteiger partial charge in [-0.3, -0.25) is 4.98 Å². The molecule has 1 N–H and O–H groups in total. The average molecular weight is 291 g/mol. The van der Waals surface area contributed by atoms with Gasteiger partial charge in [0.05, 0.1) is 12.8 Å². The van der Waals surface area contributed by atoms with Gasteiger partial charge in [-0.1, -0.05) is 24.6 Å². The molecule has 4 heteroatoms. The topological polar surface area (TPSA) is 34.1 Å². The largest absolute Gasteiger partial charge is 0.492 e. The summed E-state index contributed by atoms with van der Waals surface area (Å²) in [6.45, 7) is 3.53. The lowest BCUT2D eigenvalue weighted by molar-refractivity contribution is 0.316. The molecule has 0 unspecified atom stereocenters. The Morgan fingerprint density at radius 2 is 2.05 bits per heavy atom. The molecule has 0 saturated heterocycles. The van der Waals surface area contributed by atoms with E-state index in [0.29, 0.717) is 6.61 Å². The lowest BCUT2D eigenvalue weighted by Gasteiger charge is -2.09. The highest BCUT2D eigenvalue weighted by molar-refractivity contribution is 6.31. The van der Waals surface area contributed by atoms with Crippen molar-refractivity contribution in [3.63, 3.8) is 0 Å². The zero-order valence-electron chi connectivity index (χ0n) is 11.8. The average Bonchev–Trinajstić information content (AvgIpc) is 2.48. The fraction of sp³-hybridized carbons (Fsp3) is 0.312. The van der Waals surface area contributed by atoms with Gasteiger partial charge in [0, 0.05) is 23.3 Å². The smallest absolute Gasteiger partial charge is 0.138 e. The number of hydrogen-bond donors (Lipinski definition) is 1. The molecule has 0 atom stereocenters. The van der Waals surface area contributed by atoms with Crippen molar-refractivity contribution in [2.24, 2.45) is 0 Å². The molecular formula is C16H19ClN2O. The first kappa shape index (κ1) is 14.8. The van der Waals surface area contributed by atoms with Crippen LogP contribution in [0.1, 0.15) is 18.9 Å². The molecule has 0 fully saturated rings. The fourth-order valence-electron chi connectivity index (χ4n) is 1.96. The molecule has 2 aromatic rings. The van der Waals surface area contributed by atoms with Crippen LogP contribution in [0, 0.1) is 0 Å². The van der Waals surface area contributed by atoms with E-state index < -0.39 is 0 Å². The monoisotopic (exact) mass is 290 g/mol. The summed E-state index contributed by atoms with van der Waals surface area (Å²) in [5, 5.41) is 3.89. The van der Waals surface area contributed by atoms with Gasteiger partial charge < -0.3 is 10.1 Å². The Kier molecular flexibility index (Phi) is 5.39. The summed E-state index contributed by atoms with van der Waals surface area (Å²) >= 11 is 6.18. The number of ether oxygens (including phenoxy) is 1. The van der Waals surface area contributed by atoms with E-state index in [1.807, 2.05) is 31.4 Å². The molecule has 1 heterocycles. The van der Waals surface area contributed by atoms with E-state index in [4.69, 9.17) is 16.3 Å².